The van der Waals surface area contributed by atoms with Crippen molar-refractivity contribution >= 4 is 22.5 Å². The van der Waals surface area contributed by atoms with Crippen molar-refractivity contribution in [1.29, 1.82) is 0 Å². The Hall–Kier alpha value is -2.94. The Bertz CT molecular complexity index is 1300. The fourth-order valence-electron chi connectivity index (χ4n) is 5.62. The predicted octanol–water partition coefficient (Wildman–Crippen LogP) is 5.22. The number of halogens is 1. The van der Waals surface area contributed by atoms with E-state index < -0.39 is 17.3 Å². The summed E-state index contributed by atoms with van der Waals surface area (Å²) < 4.78 is 28.1. The number of aliphatic hydroxyl groups is 1. The number of nitrogens with one attached hydrogen (secondary N) is 2. The molecule has 1 aliphatic heterocycles. The summed E-state index contributed by atoms with van der Waals surface area (Å²) in [4.78, 5) is 13.0. The van der Waals surface area contributed by atoms with Crippen LogP contribution in [0.2, 0.25) is 0 Å². The molecule has 3 aromatic rings. The third-order valence-corrected chi connectivity index (χ3v) is 8.08. The Kier molecular flexibility index (Phi) is 7.75. The van der Waals surface area contributed by atoms with E-state index in [4.69, 9.17) is 9.47 Å². The minimum atomic E-state index is -0.623. The molecule has 204 valence electrons. The highest BCUT2D eigenvalue weighted by atomic mass is 19.1. The van der Waals surface area contributed by atoms with Crippen molar-refractivity contribution in [2.45, 2.75) is 76.7 Å². The van der Waals surface area contributed by atoms with Gasteiger partial charge < -0.3 is 29.8 Å². The van der Waals surface area contributed by atoms with Crippen LogP contribution in [0.1, 0.15) is 67.1 Å². The summed E-state index contributed by atoms with van der Waals surface area (Å²) in [5, 5.41) is 17.8. The van der Waals surface area contributed by atoms with Crippen molar-refractivity contribution in [3.8, 4) is 5.75 Å². The SMILES string of the molecule is Cc1c(NC(=O)c2ccc(OC[C@@H]3CCCO3)cc2F)ccc2cc(CNC3CCC(C)(O)CC3)n(C)c12. The molecule has 3 N–H and O–H groups in total. The number of amides is 1. The van der Waals surface area contributed by atoms with Gasteiger partial charge >= 0.3 is 0 Å². The van der Waals surface area contributed by atoms with E-state index in [0.717, 1.165) is 73.8 Å². The zero-order valence-corrected chi connectivity index (χ0v) is 22.5. The topological polar surface area (TPSA) is 84.8 Å². The first kappa shape index (κ1) is 26.7. The second-order valence-corrected chi connectivity index (χ2v) is 11.1. The summed E-state index contributed by atoms with van der Waals surface area (Å²) in [6.45, 7) is 5.72. The standard InChI is InChI=1S/C30H38FN3O4/c1-19-27(33-29(35)25-8-7-23(16-26(25)31)38-18-24-5-4-14-37-24)9-6-20-15-22(34(3)28(19)20)17-32-21-10-12-30(2,36)13-11-21/h6-9,15-16,21,24,32,36H,4-5,10-14,17-18H2,1-3H3,(H,33,35)/t21?,24-,30?/m0/s1. The van der Waals surface area contributed by atoms with Gasteiger partial charge in [0.2, 0.25) is 0 Å². The molecule has 1 saturated carbocycles. The number of aryl methyl sites for hydroxylation is 2. The van der Waals surface area contributed by atoms with Crippen molar-refractivity contribution in [2.75, 3.05) is 18.5 Å². The van der Waals surface area contributed by atoms with E-state index in [0.29, 0.717) is 24.1 Å². The molecule has 1 aromatic heterocycles. The van der Waals surface area contributed by atoms with E-state index in [2.05, 4.69) is 21.3 Å². The molecule has 1 amide bonds. The quantitative estimate of drug-likeness (QED) is 0.377. The molecule has 5 rings (SSSR count). The van der Waals surface area contributed by atoms with Gasteiger partial charge in [-0.05, 0) is 82.2 Å². The van der Waals surface area contributed by atoms with Crippen LogP contribution in [0, 0.1) is 12.7 Å². The molecule has 1 aliphatic carbocycles. The lowest BCUT2D eigenvalue weighted by Gasteiger charge is -2.33. The van der Waals surface area contributed by atoms with Gasteiger partial charge in [0, 0.05) is 49.1 Å². The number of hydrogen-bond donors (Lipinski definition) is 3. The number of benzene rings is 2. The minimum absolute atomic E-state index is 0.0304. The summed E-state index contributed by atoms with van der Waals surface area (Å²) in [5.41, 5.74) is 3.18. The molecule has 7 nitrogen and oxygen atoms in total. The fourth-order valence-corrected chi connectivity index (χ4v) is 5.62. The highest BCUT2D eigenvalue weighted by Crippen LogP contribution is 2.30. The minimum Gasteiger partial charge on any atom is -0.491 e. The average molecular weight is 524 g/mol. The number of carbonyl (C=O) groups is 1. The Morgan fingerprint density at radius 2 is 2.00 bits per heavy atom. The molecule has 0 spiro atoms. The van der Waals surface area contributed by atoms with Crippen LogP contribution in [0.25, 0.3) is 10.9 Å². The average Bonchev–Trinajstić information content (AvgIpc) is 3.52. The highest BCUT2D eigenvalue weighted by Gasteiger charge is 2.28. The van der Waals surface area contributed by atoms with E-state index in [1.807, 2.05) is 33.0 Å². The van der Waals surface area contributed by atoms with Crippen LogP contribution in [-0.2, 0) is 18.3 Å². The molecular formula is C30H38FN3O4. The summed E-state index contributed by atoms with van der Waals surface area (Å²) in [6.07, 6.45) is 5.55. The molecule has 0 bridgehead atoms. The number of fused-ring (bicyclic) bond motifs is 1. The van der Waals surface area contributed by atoms with Gasteiger partial charge in [-0.1, -0.05) is 6.07 Å². The molecule has 2 aromatic carbocycles. The van der Waals surface area contributed by atoms with E-state index in [1.54, 1.807) is 6.07 Å². The zero-order valence-electron chi connectivity index (χ0n) is 22.5. The van der Waals surface area contributed by atoms with Crippen LogP contribution in [0.4, 0.5) is 10.1 Å². The number of hydrogen-bond acceptors (Lipinski definition) is 5. The first-order valence-corrected chi connectivity index (χ1v) is 13.6. The van der Waals surface area contributed by atoms with Crippen molar-refractivity contribution in [3.63, 3.8) is 0 Å². The number of carbonyl (C=O) groups excluding carboxylic acids is 1. The lowest BCUT2D eigenvalue weighted by atomic mass is 9.84. The molecule has 8 heteroatoms. The monoisotopic (exact) mass is 523 g/mol. The number of aromatic nitrogens is 1. The van der Waals surface area contributed by atoms with Gasteiger partial charge in [0.25, 0.3) is 5.91 Å². The van der Waals surface area contributed by atoms with Gasteiger partial charge in [0.15, 0.2) is 0 Å². The van der Waals surface area contributed by atoms with Crippen molar-refractivity contribution < 1.29 is 23.8 Å². The summed E-state index contributed by atoms with van der Waals surface area (Å²) in [6, 6.07) is 10.7. The van der Waals surface area contributed by atoms with Crippen molar-refractivity contribution in [2.24, 2.45) is 7.05 Å². The largest absolute Gasteiger partial charge is 0.491 e. The highest BCUT2D eigenvalue weighted by molar-refractivity contribution is 6.06. The van der Waals surface area contributed by atoms with Gasteiger partial charge in [0.1, 0.15) is 18.2 Å². The maximum atomic E-state index is 14.8. The number of nitrogens with zero attached hydrogens (tertiary/aromatic N) is 1. The van der Waals surface area contributed by atoms with Crippen LogP contribution in [0.3, 0.4) is 0 Å². The lowest BCUT2D eigenvalue weighted by molar-refractivity contribution is 0.0139. The Morgan fingerprint density at radius 1 is 1.21 bits per heavy atom. The Morgan fingerprint density at radius 3 is 2.71 bits per heavy atom. The Labute approximate surface area is 223 Å². The van der Waals surface area contributed by atoms with Crippen LogP contribution in [0.5, 0.6) is 5.75 Å². The van der Waals surface area contributed by atoms with Crippen LogP contribution < -0.4 is 15.4 Å². The lowest BCUT2D eigenvalue weighted by Crippen LogP contribution is -2.39. The molecule has 2 fully saturated rings. The third-order valence-electron chi connectivity index (χ3n) is 8.08. The molecule has 0 unspecified atom stereocenters. The molecule has 2 heterocycles. The second kappa shape index (κ2) is 11.0. The molecule has 0 radical (unpaired) electrons. The third kappa shape index (κ3) is 5.87. The van der Waals surface area contributed by atoms with E-state index in [1.165, 1.54) is 12.1 Å². The summed E-state index contributed by atoms with van der Waals surface area (Å²) in [5.74, 6) is -0.738. The van der Waals surface area contributed by atoms with Crippen LogP contribution >= 0.6 is 0 Å². The van der Waals surface area contributed by atoms with Crippen molar-refractivity contribution in [1.82, 2.24) is 9.88 Å². The van der Waals surface area contributed by atoms with Crippen LogP contribution in [0.15, 0.2) is 36.4 Å². The maximum absolute atomic E-state index is 14.8. The van der Waals surface area contributed by atoms with E-state index in [9.17, 15) is 14.3 Å². The zero-order chi connectivity index (χ0) is 26.9. The molecule has 2 aliphatic rings. The fraction of sp³-hybridized carbons (Fsp3) is 0.500. The first-order chi connectivity index (χ1) is 18.2. The summed E-state index contributed by atoms with van der Waals surface area (Å²) in [7, 11) is 2.03. The number of rotatable bonds is 8. The first-order valence-electron chi connectivity index (χ1n) is 13.6. The van der Waals surface area contributed by atoms with Gasteiger partial charge in [0.05, 0.1) is 22.8 Å². The smallest absolute Gasteiger partial charge is 0.258 e. The van der Waals surface area contributed by atoms with Gasteiger partial charge in [-0.3, -0.25) is 4.79 Å². The predicted molar refractivity (Wildman–Crippen MR) is 146 cm³/mol. The number of ether oxygens (including phenoxy) is 2. The van der Waals surface area contributed by atoms with E-state index >= 15 is 0 Å². The maximum Gasteiger partial charge on any atom is 0.258 e. The van der Waals surface area contributed by atoms with Crippen molar-refractivity contribution in [3.05, 3.63) is 59.0 Å². The Balaban J connectivity index is 1.25. The summed E-state index contributed by atoms with van der Waals surface area (Å²) >= 11 is 0. The normalized spacial score (nSPS) is 23.6. The van der Waals surface area contributed by atoms with Gasteiger partial charge in [-0.25, -0.2) is 4.39 Å². The van der Waals surface area contributed by atoms with Gasteiger partial charge in [-0.2, -0.15) is 0 Å². The molecular weight excluding hydrogens is 485 g/mol. The van der Waals surface area contributed by atoms with E-state index in [-0.39, 0.29) is 11.7 Å². The van der Waals surface area contributed by atoms with Crippen LogP contribution in [-0.4, -0.2) is 46.5 Å². The molecule has 1 atom stereocenters. The number of anilines is 1. The van der Waals surface area contributed by atoms with Gasteiger partial charge in [-0.15, -0.1) is 0 Å². The molecule has 1 saturated heterocycles. The second-order valence-electron chi connectivity index (χ2n) is 11.1. The molecule has 38 heavy (non-hydrogen) atoms.